The summed E-state index contributed by atoms with van der Waals surface area (Å²) in [6, 6.07) is 2.48. The molecule has 1 aromatic heterocycles. The Kier molecular flexibility index (Phi) is 2.73. The van der Waals surface area contributed by atoms with E-state index in [4.69, 9.17) is 11.0 Å². The molecule has 1 heterocycles. The highest BCUT2D eigenvalue weighted by atomic mass is 15.3. The van der Waals surface area contributed by atoms with Crippen molar-refractivity contribution in [3.05, 3.63) is 5.56 Å². The van der Waals surface area contributed by atoms with Gasteiger partial charge in [-0.15, -0.1) is 0 Å². The van der Waals surface area contributed by atoms with Gasteiger partial charge in [-0.1, -0.05) is 0 Å². The van der Waals surface area contributed by atoms with E-state index < -0.39 is 0 Å². The van der Waals surface area contributed by atoms with Gasteiger partial charge in [0, 0.05) is 12.6 Å². The second-order valence-corrected chi connectivity index (χ2v) is 4.31. The van der Waals surface area contributed by atoms with Gasteiger partial charge >= 0.3 is 0 Å². The van der Waals surface area contributed by atoms with Gasteiger partial charge in [0.05, 0.1) is 0 Å². The summed E-state index contributed by atoms with van der Waals surface area (Å²) in [6.07, 6.45) is 2.53. The molecule has 5 nitrogen and oxygen atoms in total. The van der Waals surface area contributed by atoms with Gasteiger partial charge in [-0.25, -0.2) is 4.68 Å². The molecule has 0 bridgehead atoms. The number of nitrogens with zero attached hydrogens (tertiary/aromatic N) is 3. The van der Waals surface area contributed by atoms with Crippen LogP contribution in [0.1, 0.15) is 32.3 Å². The molecule has 3 N–H and O–H groups in total. The van der Waals surface area contributed by atoms with Crippen molar-refractivity contribution in [2.24, 2.45) is 5.92 Å². The van der Waals surface area contributed by atoms with Crippen LogP contribution in [0.5, 0.6) is 0 Å². The summed E-state index contributed by atoms with van der Waals surface area (Å²) in [6.45, 7) is 4.76. The summed E-state index contributed by atoms with van der Waals surface area (Å²) < 4.78 is 1.65. The molecular weight excluding hydrogens is 202 g/mol. The summed E-state index contributed by atoms with van der Waals surface area (Å²) in [5.74, 6) is 1.80. The molecule has 0 aliphatic heterocycles. The molecule has 1 saturated carbocycles. The van der Waals surface area contributed by atoms with E-state index in [0.717, 1.165) is 5.92 Å². The molecule has 1 unspecified atom stereocenters. The molecule has 0 amide bonds. The largest absolute Gasteiger partial charge is 0.383 e. The second kappa shape index (κ2) is 4.05. The standard InChI is InChI=1S/C11H17N5/c1-3-16-10(13)9(6-12)11(15-16)14-7(2)8-4-5-8/h7-8H,3-5,13H2,1-2H3,(H,14,15). The van der Waals surface area contributed by atoms with Crippen LogP contribution in [0.4, 0.5) is 11.6 Å². The Labute approximate surface area is 95.2 Å². The van der Waals surface area contributed by atoms with Crippen LogP contribution in [0.15, 0.2) is 0 Å². The summed E-state index contributed by atoms with van der Waals surface area (Å²) in [7, 11) is 0. The maximum absolute atomic E-state index is 9.05. The summed E-state index contributed by atoms with van der Waals surface area (Å²) in [5.41, 5.74) is 6.30. The average molecular weight is 219 g/mol. The van der Waals surface area contributed by atoms with E-state index in [1.54, 1.807) is 4.68 Å². The fourth-order valence-electron chi connectivity index (χ4n) is 1.86. The first-order valence-electron chi connectivity index (χ1n) is 5.70. The molecule has 1 fully saturated rings. The molecule has 2 rings (SSSR count). The van der Waals surface area contributed by atoms with E-state index in [-0.39, 0.29) is 0 Å². The van der Waals surface area contributed by atoms with Crippen LogP contribution in [0.3, 0.4) is 0 Å². The molecule has 16 heavy (non-hydrogen) atoms. The van der Waals surface area contributed by atoms with Gasteiger partial charge in [0.15, 0.2) is 5.82 Å². The Hall–Kier alpha value is -1.70. The Balaban J connectivity index is 2.22. The highest BCUT2D eigenvalue weighted by Crippen LogP contribution is 2.34. The molecule has 1 aliphatic rings. The third-order valence-corrected chi connectivity index (χ3v) is 3.10. The van der Waals surface area contributed by atoms with Crippen molar-refractivity contribution in [3.8, 4) is 6.07 Å². The van der Waals surface area contributed by atoms with E-state index in [9.17, 15) is 0 Å². The summed E-state index contributed by atoms with van der Waals surface area (Å²) >= 11 is 0. The number of nitrogen functional groups attached to an aromatic ring is 1. The molecule has 86 valence electrons. The highest BCUT2D eigenvalue weighted by Gasteiger charge is 2.29. The van der Waals surface area contributed by atoms with Gasteiger partial charge in [-0.05, 0) is 32.6 Å². The first-order valence-corrected chi connectivity index (χ1v) is 5.70. The van der Waals surface area contributed by atoms with Gasteiger partial charge in [0.25, 0.3) is 0 Å². The number of anilines is 2. The Morgan fingerprint density at radius 3 is 2.88 bits per heavy atom. The number of rotatable bonds is 4. The van der Waals surface area contributed by atoms with Gasteiger partial charge in [0.1, 0.15) is 17.5 Å². The van der Waals surface area contributed by atoms with Gasteiger partial charge in [0.2, 0.25) is 0 Å². The highest BCUT2D eigenvalue weighted by molar-refractivity contribution is 5.64. The normalized spacial score (nSPS) is 16.8. The smallest absolute Gasteiger partial charge is 0.168 e. The van der Waals surface area contributed by atoms with E-state index >= 15 is 0 Å². The van der Waals surface area contributed by atoms with Crippen molar-refractivity contribution >= 4 is 11.6 Å². The number of nitriles is 1. The van der Waals surface area contributed by atoms with E-state index in [1.807, 2.05) is 6.92 Å². The van der Waals surface area contributed by atoms with Crippen molar-refractivity contribution in [3.63, 3.8) is 0 Å². The Morgan fingerprint density at radius 1 is 1.69 bits per heavy atom. The lowest BCUT2D eigenvalue weighted by atomic mass is 10.2. The molecule has 5 heteroatoms. The first kappa shape index (κ1) is 10.8. The van der Waals surface area contributed by atoms with Crippen molar-refractivity contribution in [2.75, 3.05) is 11.1 Å². The second-order valence-electron chi connectivity index (χ2n) is 4.31. The van der Waals surface area contributed by atoms with Crippen molar-refractivity contribution in [1.29, 1.82) is 5.26 Å². The Bertz CT molecular complexity index is 424. The minimum absolute atomic E-state index is 0.367. The molecule has 0 radical (unpaired) electrons. The zero-order valence-electron chi connectivity index (χ0n) is 9.70. The minimum Gasteiger partial charge on any atom is -0.383 e. The third kappa shape index (κ3) is 1.83. The van der Waals surface area contributed by atoms with Gasteiger partial charge in [-0.2, -0.15) is 10.4 Å². The maximum Gasteiger partial charge on any atom is 0.168 e. The van der Waals surface area contributed by atoms with Gasteiger partial charge < -0.3 is 11.1 Å². The molecule has 0 aromatic carbocycles. The molecule has 1 aromatic rings. The molecule has 0 saturated heterocycles. The maximum atomic E-state index is 9.05. The quantitative estimate of drug-likeness (QED) is 0.805. The lowest BCUT2D eigenvalue weighted by Gasteiger charge is -2.11. The molecule has 1 atom stereocenters. The van der Waals surface area contributed by atoms with Crippen LogP contribution < -0.4 is 11.1 Å². The molecule has 1 aliphatic carbocycles. The van der Waals surface area contributed by atoms with Crippen LogP contribution in [0, 0.1) is 17.2 Å². The van der Waals surface area contributed by atoms with Crippen LogP contribution >= 0.6 is 0 Å². The van der Waals surface area contributed by atoms with E-state index in [1.165, 1.54) is 12.8 Å². The predicted octanol–water partition coefficient (Wildman–Crippen LogP) is 1.57. The number of nitrogens with two attached hydrogens (primary N) is 1. The zero-order valence-corrected chi connectivity index (χ0v) is 9.70. The molecule has 0 spiro atoms. The van der Waals surface area contributed by atoms with E-state index in [2.05, 4.69) is 23.4 Å². The fraction of sp³-hybridized carbons (Fsp3) is 0.636. The first-order chi connectivity index (χ1) is 7.67. The average Bonchev–Trinajstić information content (AvgIpc) is 3.05. The van der Waals surface area contributed by atoms with Crippen LogP contribution in [0.2, 0.25) is 0 Å². The van der Waals surface area contributed by atoms with Crippen molar-refractivity contribution < 1.29 is 0 Å². The zero-order chi connectivity index (χ0) is 11.7. The predicted molar refractivity (Wildman–Crippen MR) is 62.8 cm³/mol. The lowest BCUT2D eigenvalue weighted by Crippen LogP contribution is -2.18. The molecular formula is C11H17N5. The summed E-state index contributed by atoms with van der Waals surface area (Å²) in [5, 5.41) is 16.6. The lowest BCUT2D eigenvalue weighted by molar-refractivity contribution is 0.655. The number of nitrogens with one attached hydrogen (secondary N) is 1. The number of hydrogen-bond acceptors (Lipinski definition) is 4. The van der Waals surface area contributed by atoms with Crippen LogP contribution in [-0.2, 0) is 6.54 Å². The van der Waals surface area contributed by atoms with Crippen molar-refractivity contribution in [2.45, 2.75) is 39.3 Å². The number of aryl methyl sites for hydroxylation is 1. The number of aromatic nitrogens is 2. The van der Waals surface area contributed by atoms with E-state index in [0.29, 0.717) is 29.8 Å². The van der Waals surface area contributed by atoms with Gasteiger partial charge in [-0.3, -0.25) is 0 Å². The van der Waals surface area contributed by atoms with Crippen LogP contribution in [0.25, 0.3) is 0 Å². The minimum atomic E-state index is 0.367. The number of hydrogen-bond donors (Lipinski definition) is 2. The fourth-order valence-corrected chi connectivity index (χ4v) is 1.86. The Morgan fingerprint density at radius 2 is 2.38 bits per heavy atom. The topological polar surface area (TPSA) is 79.7 Å². The third-order valence-electron chi connectivity index (χ3n) is 3.10. The summed E-state index contributed by atoms with van der Waals surface area (Å²) in [4.78, 5) is 0. The van der Waals surface area contributed by atoms with Crippen molar-refractivity contribution in [1.82, 2.24) is 9.78 Å². The van der Waals surface area contributed by atoms with Crippen LogP contribution in [-0.4, -0.2) is 15.8 Å². The monoisotopic (exact) mass is 219 g/mol. The SMILES string of the molecule is CCn1nc(NC(C)C2CC2)c(C#N)c1N.